The van der Waals surface area contributed by atoms with Crippen molar-refractivity contribution in [2.45, 2.75) is 32.5 Å². The fraction of sp³-hybridized carbons (Fsp3) is 0.350. The Morgan fingerprint density at radius 2 is 2.00 bits per heavy atom. The second-order valence-electron chi connectivity index (χ2n) is 6.88. The van der Waals surface area contributed by atoms with Crippen LogP contribution in [0.25, 0.3) is 0 Å². The SMILES string of the molecule is C#Cc1nc(C(=O)N(c2cc(C)cc(C)c2)C2CCN(CC(F)(F)F)C2=O)cs1. The number of benzene rings is 1. The molecule has 0 saturated carbocycles. The molecule has 0 spiro atoms. The molecule has 0 radical (unpaired) electrons. The number of alkyl halides is 3. The molecule has 1 aromatic heterocycles. The highest BCUT2D eigenvalue weighted by molar-refractivity contribution is 7.10. The van der Waals surface area contributed by atoms with Crippen LogP contribution in [0, 0.1) is 26.2 Å². The van der Waals surface area contributed by atoms with Crippen LogP contribution in [-0.2, 0) is 4.79 Å². The first-order chi connectivity index (χ1) is 13.6. The molecule has 2 amide bonds. The zero-order chi connectivity index (χ0) is 21.3. The number of nitrogens with zero attached hydrogens (tertiary/aromatic N) is 3. The van der Waals surface area contributed by atoms with Crippen LogP contribution in [0.1, 0.15) is 33.0 Å². The van der Waals surface area contributed by atoms with Gasteiger partial charge in [-0.15, -0.1) is 17.8 Å². The Morgan fingerprint density at radius 1 is 1.34 bits per heavy atom. The summed E-state index contributed by atoms with van der Waals surface area (Å²) >= 11 is 1.11. The van der Waals surface area contributed by atoms with Gasteiger partial charge in [0.1, 0.15) is 18.3 Å². The van der Waals surface area contributed by atoms with Crippen molar-refractivity contribution in [1.29, 1.82) is 0 Å². The minimum Gasteiger partial charge on any atom is -0.332 e. The number of aromatic nitrogens is 1. The predicted molar refractivity (Wildman–Crippen MR) is 104 cm³/mol. The van der Waals surface area contributed by atoms with Crippen molar-refractivity contribution in [3.05, 3.63) is 45.4 Å². The molecule has 1 aliphatic rings. The molecule has 1 saturated heterocycles. The lowest BCUT2D eigenvalue weighted by Gasteiger charge is -2.28. The molecule has 9 heteroatoms. The molecule has 1 unspecified atom stereocenters. The molecule has 5 nitrogen and oxygen atoms in total. The van der Waals surface area contributed by atoms with E-state index in [4.69, 9.17) is 6.42 Å². The molecule has 1 aromatic carbocycles. The fourth-order valence-corrected chi connectivity index (χ4v) is 4.02. The van der Waals surface area contributed by atoms with Crippen LogP contribution >= 0.6 is 11.3 Å². The predicted octanol–water partition coefficient (Wildman–Crippen LogP) is 3.55. The maximum Gasteiger partial charge on any atom is 0.406 e. The van der Waals surface area contributed by atoms with Gasteiger partial charge < -0.3 is 4.90 Å². The average Bonchev–Trinajstić information content (AvgIpc) is 3.22. The van der Waals surface area contributed by atoms with E-state index in [1.165, 1.54) is 10.3 Å². The van der Waals surface area contributed by atoms with E-state index in [1.807, 2.05) is 19.9 Å². The van der Waals surface area contributed by atoms with Gasteiger partial charge in [-0.05, 0) is 49.4 Å². The zero-order valence-corrected chi connectivity index (χ0v) is 16.6. The molecule has 2 aromatic rings. The van der Waals surface area contributed by atoms with Crippen molar-refractivity contribution in [3.8, 4) is 12.3 Å². The van der Waals surface area contributed by atoms with Crippen LogP contribution in [0.4, 0.5) is 18.9 Å². The fourth-order valence-electron chi connectivity index (χ4n) is 3.43. The van der Waals surface area contributed by atoms with Crippen molar-refractivity contribution in [3.63, 3.8) is 0 Å². The quantitative estimate of drug-likeness (QED) is 0.710. The number of hydrogen-bond donors (Lipinski definition) is 0. The van der Waals surface area contributed by atoms with E-state index in [9.17, 15) is 22.8 Å². The highest BCUT2D eigenvalue weighted by Gasteiger charge is 2.43. The number of thiazole rings is 1. The number of terminal acetylenes is 1. The van der Waals surface area contributed by atoms with Gasteiger partial charge in [-0.1, -0.05) is 6.07 Å². The zero-order valence-electron chi connectivity index (χ0n) is 15.8. The summed E-state index contributed by atoms with van der Waals surface area (Å²) in [5.74, 6) is 1.04. The number of aryl methyl sites for hydroxylation is 2. The van der Waals surface area contributed by atoms with E-state index in [0.717, 1.165) is 27.4 Å². The van der Waals surface area contributed by atoms with Crippen LogP contribution in [0.3, 0.4) is 0 Å². The van der Waals surface area contributed by atoms with Crippen LogP contribution in [-0.4, -0.2) is 47.0 Å². The Balaban J connectivity index is 2.00. The van der Waals surface area contributed by atoms with Crippen molar-refractivity contribution < 1.29 is 22.8 Å². The Labute approximate surface area is 170 Å². The lowest BCUT2D eigenvalue weighted by atomic mass is 10.1. The molecule has 0 N–H and O–H groups in total. The summed E-state index contributed by atoms with van der Waals surface area (Å²) in [5, 5.41) is 1.80. The third-order valence-corrected chi connectivity index (χ3v) is 5.27. The summed E-state index contributed by atoms with van der Waals surface area (Å²) in [5.41, 5.74) is 2.22. The first-order valence-electron chi connectivity index (χ1n) is 8.78. The van der Waals surface area contributed by atoms with E-state index in [0.29, 0.717) is 10.7 Å². The Morgan fingerprint density at radius 3 is 2.55 bits per heavy atom. The van der Waals surface area contributed by atoms with E-state index in [2.05, 4.69) is 10.9 Å². The highest BCUT2D eigenvalue weighted by atomic mass is 32.1. The minimum absolute atomic E-state index is 0.0594. The molecule has 1 atom stereocenters. The third kappa shape index (κ3) is 4.59. The first kappa shape index (κ1) is 20.9. The second-order valence-corrected chi connectivity index (χ2v) is 7.74. The number of halogens is 3. The van der Waals surface area contributed by atoms with Gasteiger partial charge in [0.2, 0.25) is 5.91 Å². The van der Waals surface area contributed by atoms with Gasteiger partial charge in [-0.3, -0.25) is 14.5 Å². The highest BCUT2D eigenvalue weighted by Crippen LogP contribution is 2.30. The molecule has 3 rings (SSSR count). The van der Waals surface area contributed by atoms with Crippen LogP contribution < -0.4 is 4.90 Å². The van der Waals surface area contributed by atoms with E-state index >= 15 is 0 Å². The summed E-state index contributed by atoms with van der Waals surface area (Å²) in [6, 6.07) is 4.30. The lowest BCUT2D eigenvalue weighted by Crippen LogP contribution is -2.47. The number of rotatable bonds is 4. The van der Waals surface area contributed by atoms with Gasteiger partial charge >= 0.3 is 6.18 Å². The van der Waals surface area contributed by atoms with E-state index < -0.39 is 30.6 Å². The van der Waals surface area contributed by atoms with Crippen LogP contribution in [0.15, 0.2) is 23.6 Å². The van der Waals surface area contributed by atoms with E-state index in [-0.39, 0.29) is 18.7 Å². The standard InChI is InChI=1S/C20H18F3N3O2S/c1-4-17-24-15(10-29-17)18(27)26(14-8-12(2)7-13(3)9-14)16-5-6-25(19(16)28)11-20(21,22)23/h1,7-10,16H,5-6,11H2,2-3H3. The van der Waals surface area contributed by atoms with Crippen LogP contribution in [0.2, 0.25) is 0 Å². The second kappa shape index (κ2) is 7.87. The monoisotopic (exact) mass is 421 g/mol. The number of likely N-dealkylation sites (tertiary alicyclic amines) is 1. The van der Waals surface area contributed by atoms with Gasteiger partial charge in [0.25, 0.3) is 5.91 Å². The van der Waals surface area contributed by atoms with Gasteiger partial charge in [-0.2, -0.15) is 13.2 Å². The largest absolute Gasteiger partial charge is 0.406 e. The molecule has 0 aliphatic carbocycles. The molecule has 29 heavy (non-hydrogen) atoms. The summed E-state index contributed by atoms with van der Waals surface area (Å²) < 4.78 is 38.4. The minimum atomic E-state index is -4.50. The summed E-state index contributed by atoms with van der Waals surface area (Å²) in [4.78, 5) is 32.0. The topological polar surface area (TPSA) is 53.5 Å². The molecule has 0 bridgehead atoms. The molecular weight excluding hydrogens is 403 g/mol. The maximum absolute atomic E-state index is 13.2. The first-order valence-corrected chi connectivity index (χ1v) is 9.66. The van der Waals surface area contributed by atoms with Gasteiger partial charge in [-0.25, -0.2) is 4.98 Å². The van der Waals surface area contributed by atoms with E-state index in [1.54, 1.807) is 12.1 Å². The Bertz CT molecular complexity index is 973. The molecule has 1 aliphatic heterocycles. The van der Waals surface area contributed by atoms with Crippen molar-refractivity contribution in [2.75, 3.05) is 18.0 Å². The Hall–Kier alpha value is -2.86. The maximum atomic E-state index is 13.2. The summed E-state index contributed by atoms with van der Waals surface area (Å²) in [7, 11) is 0. The van der Waals surface area contributed by atoms with Crippen molar-refractivity contribution in [2.24, 2.45) is 0 Å². The molecule has 1 fully saturated rings. The number of hydrogen-bond acceptors (Lipinski definition) is 4. The average molecular weight is 421 g/mol. The normalized spacial score (nSPS) is 16.8. The lowest BCUT2D eigenvalue weighted by molar-refractivity contribution is -0.157. The summed E-state index contributed by atoms with van der Waals surface area (Å²) in [6.07, 6.45) is 0.910. The number of carbonyl (C=O) groups excluding carboxylic acids is 2. The van der Waals surface area contributed by atoms with Gasteiger partial charge in [0.05, 0.1) is 0 Å². The number of carbonyl (C=O) groups is 2. The van der Waals surface area contributed by atoms with Crippen molar-refractivity contribution in [1.82, 2.24) is 9.88 Å². The molecule has 152 valence electrons. The van der Waals surface area contributed by atoms with Gasteiger partial charge in [0, 0.05) is 17.6 Å². The summed E-state index contributed by atoms with van der Waals surface area (Å²) in [6.45, 7) is 2.26. The molecule has 2 heterocycles. The van der Waals surface area contributed by atoms with Crippen molar-refractivity contribution >= 4 is 28.8 Å². The van der Waals surface area contributed by atoms with Crippen LogP contribution in [0.5, 0.6) is 0 Å². The smallest absolute Gasteiger partial charge is 0.332 e. The Kier molecular flexibility index (Phi) is 5.66. The molecular formula is C20H18F3N3O2S. The number of amides is 2. The van der Waals surface area contributed by atoms with Gasteiger partial charge in [0.15, 0.2) is 5.01 Å². The number of anilines is 1. The third-order valence-electron chi connectivity index (χ3n) is 4.50.